The summed E-state index contributed by atoms with van der Waals surface area (Å²) in [6.07, 6.45) is 7.31. The molecule has 0 saturated carbocycles. The molecule has 2 N–H and O–H groups in total. The lowest BCUT2D eigenvalue weighted by molar-refractivity contribution is -0.129. The summed E-state index contributed by atoms with van der Waals surface area (Å²) < 4.78 is 2.05. The molecular formula is C21H27N7O. The second kappa shape index (κ2) is 7.88. The summed E-state index contributed by atoms with van der Waals surface area (Å²) in [5.41, 5.74) is 1.58. The van der Waals surface area contributed by atoms with Crippen molar-refractivity contribution < 1.29 is 4.79 Å². The van der Waals surface area contributed by atoms with Crippen molar-refractivity contribution in [3.8, 4) is 0 Å². The van der Waals surface area contributed by atoms with Gasteiger partial charge in [-0.3, -0.25) is 9.69 Å². The van der Waals surface area contributed by atoms with Crippen LogP contribution in [0.3, 0.4) is 0 Å². The van der Waals surface area contributed by atoms with E-state index in [0.717, 1.165) is 35.8 Å². The van der Waals surface area contributed by atoms with E-state index in [4.69, 9.17) is 0 Å². The number of carbonyl (C=O) groups is 1. The van der Waals surface area contributed by atoms with Crippen LogP contribution in [0.1, 0.15) is 31.1 Å². The highest BCUT2D eigenvalue weighted by molar-refractivity contribution is 5.83. The van der Waals surface area contributed by atoms with Crippen LogP contribution < -0.4 is 10.6 Å². The Kier molecular flexibility index (Phi) is 5.29. The van der Waals surface area contributed by atoms with Crippen LogP contribution in [0, 0.1) is 6.92 Å². The molecule has 1 atom stereocenters. The Labute approximate surface area is 170 Å². The minimum atomic E-state index is -0.621. The smallest absolute Gasteiger partial charge is 0.239 e. The van der Waals surface area contributed by atoms with E-state index in [1.165, 1.54) is 0 Å². The predicted molar refractivity (Wildman–Crippen MR) is 110 cm³/mol. The highest BCUT2D eigenvalue weighted by Gasteiger charge is 2.34. The summed E-state index contributed by atoms with van der Waals surface area (Å²) in [6, 6.07) is 5.56. The highest BCUT2D eigenvalue weighted by Crippen LogP contribution is 2.22. The van der Waals surface area contributed by atoms with Crippen molar-refractivity contribution in [2.75, 3.05) is 19.6 Å². The van der Waals surface area contributed by atoms with E-state index in [9.17, 15) is 4.79 Å². The van der Waals surface area contributed by atoms with Crippen molar-refractivity contribution in [3.63, 3.8) is 0 Å². The second-order valence-electron chi connectivity index (χ2n) is 8.00. The SMILES string of the molecule is Cc1cccn2c(C(C)(C)NC(=O)[C@H]3CNCCN3Cc3ncccn3)ncc12. The topological polar surface area (TPSA) is 87.5 Å². The number of nitrogens with zero attached hydrogens (tertiary/aromatic N) is 5. The van der Waals surface area contributed by atoms with Crippen molar-refractivity contribution in [2.45, 2.75) is 38.9 Å². The van der Waals surface area contributed by atoms with Crippen molar-refractivity contribution in [2.24, 2.45) is 0 Å². The molecule has 0 aliphatic carbocycles. The first kappa shape index (κ1) is 19.5. The van der Waals surface area contributed by atoms with Gasteiger partial charge in [-0.25, -0.2) is 15.0 Å². The molecule has 1 fully saturated rings. The van der Waals surface area contributed by atoms with Gasteiger partial charge < -0.3 is 15.0 Å². The zero-order valence-corrected chi connectivity index (χ0v) is 17.1. The lowest BCUT2D eigenvalue weighted by atomic mass is 10.0. The van der Waals surface area contributed by atoms with Crippen molar-refractivity contribution >= 4 is 11.4 Å². The number of nitrogens with one attached hydrogen (secondary N) is 2. The van der Waals surface area contributed by atoms with Gasteiger partial charge >= 0.3 is 0 Å². The number of aryl methyl sites for hydroxylation is 1. The number of amides is 1. The minimum Gasteiger partial charge on any atom is -0.343 e. The zero-order valence-electron chi connectivity index (χ0n) is 17.1. The Bertz CT molecular complexity index is 999. The molecule has 152 valence electrons. The molecule has 3 aromatic rings. The van der Waals surface area contributed by atoms with Gasteiger partial charge in [-0.05, 0) is 38.5 Å². The zero-order chi connectivity index (χ0) is 20.4. The average molecular weight is 393 g/mol. The quantitative estimate of drug-likeness (QED) is 0.679. The lowest BCUT2D eigenvalue weighted by Crippen LogP contribution is -2.59. The third-order valence-corrected chi connectivity index (χ3v) is 5.40. The number of rotatable bonds is 5. The predicted octanol–water partition coefficient (Wildman–Crippen LogP) is 1.26. The number of piperazine rings is 1. The van der Waals surface area contributed by atoms with E-state index in [2.05, 4.69) is 43.5 Å². The molecule has 1 amide bonds. The van der Waals surface area contributed by atoms with E-state index < -0.39 is 5.54 Å². The molecule has 1 saturated heterocycles. The first-order chi connectivity index (χ1) is 14.0. The lowest BCUT2D eigenvalue weighted by Gasteiger charge is -2.36. The summed E-state index contributed by atoms with van der Waals surface area (Å²) in [6.45, 7) is 8.78. The maximum atomic E-state index is 13.2. The number of hydrogen-bond acceptors (Lipinski definition) is 6. The van der Waals surface area contributed by atoms with E-state index in [1.54, 1.807) is 18.5 Å². The molecule has 1 aliphatic rings. The number of pyridine rings is 1. The van der Waals surface area contributed by atoms with Crippen LogP contribution in [0.15, 0.2) is 43.0 Å². The molecule has 0 aromatic carbocycles. The molecular weight excluding hydrogens is 366 g/mol. The van der Waals surface area contributed by atoms with E-state index in [1.807, 2.05) is 36.7 Å². The third kappa shape index (κ3) is 3.99. The summed E-state index contributed by atoms with van der Waals surface area (Å²) in [7, 11) is 0. The summed E-state index contributed by atoms with van der Waals surface area (Å²) in [4.78, 5) is 28.6. The van der Waals surface area contributed by atoms with Gasteiger partial charge in [0, 0.05) is 38.2 Å². The first-order valence-electron chi connectivity index (χ1n) is 9.91. The Balaban J connectivity index is 1.53. The van der Waals surface area contributed by atoms with Gasteiger partial charge in [0.25, 0.3) is 0 Å². The monoisotopic (exact) mass is 393 g/mol. The van der Waals surface area contributed by atoms with Crippen LogP contribution >= 0.6 is 0 Å². The summed E-state index contributed by atoms with van der Waals surface area (Å²) >= 11 is 0. The Hall–Kier alpha value is -2.84. The molecule has 0 unspecified atom stereocenters. The van der Waals surface area contributed by atoms with Crippen LogP contribution in [-0.2, 0) is 16.9 Å². The molecule has 0 radical (unpaired) electrons. The molecule has 3 aromatic heterocycles. The molecule has 29 heavy (non-hydrogen) atoms. The molecule has 1 aliphatic heterocycles. The number of imidazole rings is 1. The van der Waals surface area contributed by atoms with Crippen LogP contribution in [0.2, 0.25) is 0 Å². The van der Waals surface area contributed by atoms with Crippen LogP contribution in [0.5, 0.6) is 0 Å². The molecule has 8 nitrogen and oxygen atoms in total. The van der Waals surface area contributed by atoms with E-state index in [-0.39, 0.29) is 11.9 Å². The van der Waals surface area contributed by atoms with Crippen LogP contribution in [0.25, 0.3) is 5.52 Å². The van der Waals surface area contributed by atoms with E-state index in [0.29, 0.717) is 13.1 Å². The fraction of sp³-hybridized carbons (Fsp3) is 0.429. The van der Waals surface area contributed by atoms with Gasteiger partial charge in [-0.15, -0.1) is 0 Å². The van der Waals surface area contributed by atoms with Gasteiger partial charge in [-0.2, -0.15) is 0 Å². The highest BCUT2D eigenvalue weighted by atomic mass is 16.2. The Morgan fingerprint density at radius 3 is 2.86 bits per heavy atom. The largest absolute Gasteiger partial charge is 0.343 e. The van der Waals surface area contributed by atoms with Crippen LogP contribution in [-0.4, -0.2) is 55.8 Å². The standard InChI is InChI=1S/C21H27N7O/c1-15-6-4-10-28-16(15)13-25-20(28)21(2,3)26-19(29)17-12-22-9-11-27(17)14-18-23-7-5-8-24-18/h4-8,10,13,17,22H,9,11-12,14H2,1-3H3,(H,26,29)/t17-/m1/s1. The summed E-state index contributed by atoms with van der Waals surface area (Å²) in [5, 5.41) is 6.54. The minimum absolute atomic E-state index is 0.0254. The van der Waals surface area contributed by atoms with Gasteiger partial charge in [0.05, 0.1) is 23.8 Å². The number of carbonyl (C=O) groups excluding carboxylic acids is 1. The van der Waals surface area contributed by atoms with Gasteiger partial charge in [0.1, 0.15) is 17.7 Å². The van der Waals surface area contributed by atoms with Gasteiger partial charge in [-0.1, -0.05) is 6.07 Å². The molecule has 0 bridgehead atoms. The normalized spacial score (nSPS) is 18.1. The maximum absolute atomic E-state index is 13.2. The molecule has 0 spiro atoms. The first-order valence-corrected chi connectivity index (χ1v) is 9.91. The van der Waals surface area contributed by atoms with Gasteiger partial charge in [0.15, 0.2) is 0 Å². The molecule has 4 heterocycles. The Morgan fingerprint density at radius 2 is 2.07 bits per heavy atom. The van der Waals surface area contributed by atoms with E-state index >= 15 is 0 Å². The van der Waals surface area contributed by atoms with Crippen molar-refractivity contribution in [3.05, 3.63) is 60.2 Å². The summed E-state index contributed by atoms with van der Waals surface area (Å²) in [5.74, 6) is 1.51. The second-order valence-corrected chi connectivity index (χ2v) is 8.00. The maximum Gasteiger partial charge on any atom is 0.239 e. The Morgan fingerprint density at radius 1 is 1.28 bits per heavy atom. The van der Waals surface area contributed by atoms with Crippen molar-refractivity contribution in [1.29, 1.82) is 0 Å². The fourth-order valence-electron chi connectivity index (χ4n) is 3.86. The average Bonchev–Trinajstić information content (AvgIpc) is 3.15. The van der Waals surface area contributed by atoms with Gasteiger partial charge in [0.2, 0.25) is 5.91 Å². The third-order valence-electron chi connectivity index (χ3n) is 5.40. The fourth-order valence-corrected chi connectivity index (χ4v) is 3.86. The number of aromatic nitrogens is 4. The molecule has 8 heteroatoms. The number of hydrogen-bond donors (Lipinski definition) is 2. The van der Waals surface area contributed by atoms with Crippen molar-refractivity contribution in [1.82, 2.24) is 34.9 Å². The molecule has 4 rings (SSSR count). The number of fused-ring (bicyclic) bond motifs is 1. The van der Waals surface area contributed by atoms with Crippen LogP contribution in [0.4, 0.5) is 0 Å².